The summed E-state index contributed by atoms with van der Waals surface area (Å²) >= 11 is 0. The molecule has 6 nitrogen and oxygen atoms in total. The van der Waals surface area contributed by atoms with Gasteiger partial charge in [0.1, 0.15) is 17.7 Å². The fraction of sp³-hybridized carbons (Fsp3) is 0.880. The van der Waals surface area contributed by atoms with E-state index in [0.29, 0.717) is 31.5 Å². The molecule has 0 amide bonds. The summed E-state index contributed by atoms with van der Waals surface area (Å²) in [5.41, 5.74) is -0.702. The predicted octanol–water partition coefficient (Wildman–Crippen LogP) is 3.70. The molecule has 4 saturated carbocycles. The van der Waals surface area contributed by atoms with Crippen molar-refractivity contribution in [2.45, 2.75) is 84.5 Å². The molecule has 0 unspecified atom stereocenters. The molecular weight excluding hydrogens is 396 g/mol. The number of esters is 1. The van der Waals surface area contributed by atoms with E-state index < -0.39 is 11.2 Å². The van der Waals surface area contributed by atoms with Crippen LogP contribution in [0.1, 0.15) is 72.6 Å². The zero-order valence-corrected chi connectivity index (χ0v) is 19.3. The van der Waals surface area contributed by atoms with Crippen LogP contribution in [0.3, 0.4) is 0 Å². The zero-order valence-electron chi connectivity index (χ0n) is 19.3. The van der Waals surface area contributed by atoms with Crippen molar-refractivity contribution in [2.24, 2.45) is 40.4 Å². The Kier molecular flexibility index (Phi) is 4.95. The van der Waals surface area contributed by atoms with Gasteiger partial charge in [0.05, 0.1) is 19.6 Å². The molecule has 0 aromatic carbocycles. The highest BCUT2D eigenvalue weighted by Crippen LogP contribution is 2.68. The Balaban J connectivity index is 1.53. The standard InChI is InChI=1S/C25H36O6/c1-14(26)18-7-8-19-17-6-5-16-11-25(29-9-10-30-25)13-21(28)24(16,4)22(17)20(31-15(2)27)12-23(18,19)3/h16-20,22H,5-13H2,1-4H3/t16-,17-,18-,19+,20+,22+,23+,24+/m0/s1. The highest BCUT2D eigenvalue weighted by atomic mass is 16.7. The maximum atomic E-state index is 13.8. The highest BCUT2D eigenvalue weighted by molar-refractivity contribution is 5.87. The summed E-state index contributed by atoms with van der Waals surface area (Å²) in [4.78, 5) is 38.4. The maximum absolute atomic E-state index is 13.8. The monoisotopic (exact) mass is 432 g/mol. The van der Waals surface area contributed by atoms with Gasteiger partial charge in [-0.1, -0.05) is 13.8 Å². The number of Topliss-reactive ketones (excluding diaryl/α,β-unsaturated/α-hetero) is 2. The van der Waals surface area contributed by atoms with E-state index in [1.165, 1.54) is 6.92 Å². The van der Waals surface area contributed by atoms with E-state index >= 15 is 0 Å². The van der Waals surface area contributed by atoms with Crippen LogP contribution < -0.4 is 0 Å². The molecule has 0 radical (unpaired) electrons. The molecule has 8 atom stereocenters. The molecule has 172 valence electrons. The lowest BCUT2D eigenvalue weighted by Crippen LogP contribution is -2.64. The Hall–Kier alpha value is -1.27. The Morgan fingerprint density at radius 2 is 1.71 bits per heavy atom. The molecule has 5 aliphatic rings. The third-order valence-corrected chi connectivity index (χ3v) is 10.0. The van der Waals surface area contributed by atoms with E-state index in [2.05, 4.69) is 13.8 Å². The SMILES string of the molecule is CC(=O)O[C@@H]1C[C@@]2(C)[C@H](CC[C@H]2C(C)=O)[C@@H]2CC[C@H]3CC4(CC(=O)[C@]3(C)[C@H]21)OCCO4. The first-order chi connectivity index (χ1) is 14.6. The van der Waals surface area contributed by atoms with Gasteiger partial charge in [0, 0.05) is 30.6 Å². The minimum atomic E-state index is -0.749. The number of carbonyl (C=O) groups excluding carboxylic acids is 3. The van der Waals surface area contributed by atoms with Gasteiger partial charge in [-0.2, -0.15) is 0 Å². The van der Waals surface area contributed by atoms with Gasteiger partial charge in [-0.25, -0.2) is 0 Å². The van der Waals surface area contributed by atoms with Crippen molar-refractivity contribution in [3.63, 3.8) is 0 Å². The van der Waals surface area contributed by atoms with Gasteiger partial charge in [0.2, 0.25) is 0 Å². The number of hydrogen-bond acceptors (Lipinski definition) is 6. The molecule has 0 N–H and O–H groups in total. The minimum Gasteiger partial charge on any atom is -0.462 e. The minimum absolute atomic E-state index is 0.00480. The molecule has 0 bridgehead atoms. The molecule has 0 aromatic heterocycles. The van der Waals surface area contributed by atoms with Crippen molar-refractivity contribution >= 4 is 17.5 Å². The molecule has 1 aliphatic heterocycles. The first-order valence-electron chi connectivity index (χ1n) is 12.1. The van der Waals surface area contributed by atoms with Crippen LogP contribution in [-0.2, 0) is 28.6 Å². The Labute approximate surface area is 184 Å². The summed E-state index contributed by atoms with van der Waals surface area (Å²) in [5.74, 6) is 0.296. The molecule has 5 rings (SSSR count). The lowest BCUT2D eigenvalue weighted by molar-refractivity contribution is -0.234. The summed E-state index contributed by atoms with van der Waals surface area (Å²) in [6.45, 7) is 8.61. The summed E-state index contributed by atoms with van der Waals surface area (Å²) in [6, 6.07) is 0. The molecule has 31 heavy (non-hydrogen) atoms. The summed E-state index contributed by atoms with van der Waals surface area (Å²) in [5, 5.41) is 0. The molecule has 5 fully saturated rings. The average Bonchev–Trinajstić information content (AvgIpc) is 3.26. The van der Waals surface area contributed by atoms with Crippen LogP contribution in [-0.4, -0.2) is 42.6 Å². The number of ketones is 2. The lowest BCUT2D eigenvalue weighted by Gasteiger charge is -2.62. The fourth-order valence-electron chi connectivity index (χ4n) is 8.85. The largest absolute Gasteiger partial charge is 0.462 e. The van der Waals surface area contributed by atoms with Gasteiger partial charge in [-0.05, 0) is 62.2 Å². The molecule has 0 aromatic rings. The van der Waals surface area contributed by atoms with Crippen LogP contribution in [0, 0.1) is 40.4 Å². The third-order valence-electron chi connectivity index (χ3n) is 10.0. The van der Waals surface area contributed by atoms with E-state index in [-0.39, 0.29) is 53.2 Å². The summed E-state index contributed by atoms with van der Waals surface area (Å²) in [6.07, 6.45) is 5.29. The average molecular weight is 433 g/mol. The van der Waals surface area contributed by atoms with Gasteiger partial charge in [0.15, 0.2) is 5.79 Å². The van der Waals surface area contributed by atoms with E-state index in [4.69, 9.17) is 14.2 Å². The molecule has 1 spiro atoms. The van der Waals surface area contributed by atoms with E-state index in [0.717, 1.165) is 32.1 Å². The number of rotatable bonds is 2. The van der Waals surface area contributed by atoms with Crippen LogP contribution in [0.4, 0.5) is 0 Å². The van der Waals surface area contributed by atoms with Gasteiger partial charge < -0.3 is 14.2 Å². The maximum Gasteiger partial charge on any atom is 0.302 e. The van der Waals surface area contributed by atoms with Crippen molar-refractivity contribution < 1.29 is 28.6 Å². The number of ether oxygens (including phenoxy) is 3. The third kappa shape index (κ3) is 3.00. The Bertz CT molecular complexity index is 800. The number of carbonyl (C=O) groups is 3. The van der Waals surface area contributed by atoms with Gasteiger partial charge >= 0.3 is 5.97 Å². The Morgan fingerprint density at radius 3 is 2.35 bits per heavy atom. The van der Waals surface area contributed by atoms with Gasteiger partial charge in [-0.15, -0.1) is 0 Å². The second-order valence-corrected chi connectivity index (χ2v) is 11.4. The van der Waals surface area contributed by atoms with Crippen molar-refractivity contribution in [1.82, 2.24) is 0 Å². The van der Waals surface area contributed by atoms with Crippen LogP contribution in [0.15, 0.2) is 0 Å². The van der Waals surface area contributed by atoms with Crippen molar-refractivity contribution in [3.8, 4) is 0 Å². The van der Waals surface area contributed by atoms with Gasteiger partial charge in [-0.3, -0.25) is 14.4 Å². The van der Waals surface area contributed by atoms with E-state index in [9.17, 15) is 14.4 Å². The van der Waals surface area contributed by atoms with Crippen molar-refractivity contribution in [3.05, 3.63) is 0 Å². The van der Waals surface area contributed by atoms with Gasteiger partial charge in [0.25, 0.3) is 0 Å². The fourth-order valence-corrected chi connectivity index (χ4v) is 8.85. The van der Waals surface area contributed by atoms with Crippen LogP contribution in [0.5, 0.6) is 0 Å². The quantitative estimate of drug-likeness (QED) is 0.619. The molecule has 1 saturated heterocycles. The molecular formula is C25H36O6. The van der Waals surface area contributed by atoms with E-state index in [1.54, 1.807) is 6.92 Å². The summed E-state index contributed by atoms with van der Waals surface area (Å²) < 4.78 is 17.8. The first kappa shape index (κ1) is 21.6. The number of fused-ring (bicyclic) bond motifs is 5. The van der Waals surface area contributed by atoms with E-state index in [1.807, 2.05) is 0 Å². The van der Waals surface area contributed by atoms with Crippen molar-refractivity contribution in [1.29, 1.82) is 0 Å². The van der Waals surface area contributed by atoms with Crippen molar-refractivity contribution in [2.75, 3.05) is 13.2 Å². The second kappa shape index (κ2) is 7.11. The Morgan fingerprint density at radius 1 is 1.00 bits per heavy atom. The first-order valence-corrected chi connectivity index (χ1v) is 12.1. The molecule has 6 heteroatoms. The highest BCUT2D eigenvalue weighted by Gasteiger charge is 2.68. The van der Waals surface area contributed by atoms with Crippen LogP contribution in [0.25, 0.3) is 0 Å². The topological polar surface area (TPSA) is 78.9 Å². The molecule has 4 aliphatic carbocycles. The predicted molar refractivity (Wildman–Crippen MR) is 112 cm³/mol. The lowest BCUT2D eigenvalue weighted by atomic mass is 9.43. The normalized spacial score (nSPS) is 48.1. The second-order valence-electron chi connectivity index (χ2n) is 11.4. The number of hydrogen-bond donors (Lipinski definition) is 0. The zero-order chi connectivity index (χ0) is 22.2. The van der Waals surface area contributed by atoms with Crippen LogP contribution >= 0.6 is 0 Å². The summed E-state index contributed by atoms with van der Waals surface area (Å²) in [7, 11) is 0. The van der Waals surface area contributed by atoms with Crippen LogP contribution in [0.2, 0.25) is 0 Å². The smallest absolute Gasteiger partial charge is 0.302 e. The molecule has 1 heterocycles.